The van der Waals surface area contributed by atoms with E-state index in [1.807, 2.05) is 4.90 Å². The summed E-state index contributed by atoms with van der Waals surface area (Å²) in [4.78, 5) is 35.5. The van der Waals surface area contributed by atoms with Crippen molar-refractivity contribution in [3.05, 3.63) is 34.8 Å². The third-order valence-electron chi connectivity index (χ3n) is 8.24. The average molecular weight is 667 g/mol. The number of piperazine rings is 1. The molecule has 1 N–H and O–H groups in total. The maximum Gasteiger partial charge on any atom is 0.421 e. The fourth-order valence-corrected chi connectivity index (χ4v) is 6.88. The summed E-state index contributed by atoms with van der Waals surface area (Å²) in [5.41, 5.74) is -0.478. The number of pyridine rings is 1. The van der Waals surface area contributed by atoms with E-state index in [0.29, 0.717) is 64.0 Å². The zero-order chi connectivity index (χ0) is 32.8. The van der Waals surface area contributed by atoms with Crippen LogP contribution >= 0.6 is 11.3 Å². The fourth-order valence-electron chi connectivity index (χ4n) is 5.87. The number of hydrogen-bond acceptors (Lipinski definition) is 12. The first-order chi connectivity index (χ1) is 22.1. The zero-order valence-electron chi connectivity index (χ0n) is 26.1. The van der Waals surface area contributed by atoms with Crippen LogP contribution in [-0.4, -0.2) is 94.7 Å². The van der Waals surface area contributed by atoms with Gasteiger partial charge in [0, 0.05) is 61.9 Å². The topological polar surface area (TPSA) is 109 Å². The molecule has 5 heterocycles. The maximum atomic E-state index is 15.8. The lowest BCUT2D eigenvalue weighted by atomic mass is 10.1. The van der Waals surface area contributed by atoms with Crippen LogP contribution < -0.4 is 15.0 Å². The first kappa shape index (κ1) is 33.7. The van der Waals surface area contributed by atoms with Crippen LogP contribution in [-0.2, 0) is 22.3 Å². The van der Waals surface area contributed by atoms with E-state index in [9.17, 15) is 18.0 Å². The number of anilines is 3. The summed E-state index contributed by atoms with van der Waals surface area (Å²) in [5, 5.41) is 3.25. The van der Waals surface area contributed by atoms with Gasteiger partial charge in [0.1, 0.15) is 11.9 Å². The number of likely N-dealkylation sites (tertiary alicyclic amines) is 1. The van der Waals surface area contributed by atoms with Crippen LogP contribution in [0, 0.1) is 5.82 Å². The Hall–Kier alpha value is -3.63. The normalized spacial score (nSPS) is 17.8. The van der Waals surface area contributed by atoms with Gasteiger partial charge in [-0.2, -0.15) is 17.6 Å². The van der Waals surface area contributed by atoms with Crippen molar-refractivity contribution >= 4 is 34.1 Å². The van der Waals surface area contributed by atoms with E-state index in [-0.39, 0.29) is 28.3 Å². The maximum absolute atomic E-state index is 15.8. The molecule has 3 aromatic heterocycles. The molecule has 3 aromatic rings. The third kappa shape index (κ3) is 7.83. The number of aromatic nitrogens is 4. The molecule has 5 rings (SSSR count). The molecule has 2 aliphatic heterocycles. The van der Waals surface area contributed by atoms with E-state index in [4.69, 9.17) is 9.47 Å². The zero-order valence-corrected chi connectivity index (χ0v) is 26.9. The second kappa shape index (κ2) is 14.9. The molecule has 0 aliphatic carbocycles. The third-order valence-corrected chi connectivity index (χ3v) is 9.20. The molecule has 2 saturated heterocycles. The average Bonchev–Trinajstić information content (AvgIpc) is 3.67. The lowest BCUT2D eigenvalue weighted by Gasteiger charge is -2.35. The fraction of sp³-hybridized carbons (Fsp3) is 0.567. The Morgan fingerprint density at radius 3 is 2.61 bits per heavy atom. The number of ether oxygens (including phenoxy) is 2. The standard InChI is InChI=1S/C30H38F4N8O3S/c1-4-20-7-6-9-42(20)17-22-25(19-15-21(30(32,33)34)28(44-3)35-16-19)38-29(46-22)39-26-24(31)27(37-18-36-26)41-13-11-40(12-14-41)10-8-23(43)45-5-2/h15-16,18,20H,4-14,17H2,1-3H3,(H,36,37,38,39)/t20-/m1/s1. The minimum atomic E-state index is -4.68. The molecule has 1 atom stereocenters. The Morgan fingerprint density at radius 2 is 1.91 bits per heavy atom. The summed E-state index contributed by atoms with van der Waals surface area (Å²) in [5.74, 6) is -1.37. The summed E-state index contributed by atoms with van der Waals surface area (Å²) in [6.45, 7) is 8.39. The number of rotatable bonds is 12. The first-order valence-corrected chi connectivity index (χ1v) is 16.2. The predicted molar refractivity (Wildman–Crippen MR) is 166 cm³/mol. The lowest BCUT2D eigenvalue weighted by Crippen LogP contribution is -2.47. The van der Waals surface area contributed by atoms with Gasteiger partial charge in [0.05, 0.1) is 25.8 Å². The smallest absolute Gasteiger partial charge is 0.421 e. The van der Waals surface area contributed by atoms with Gasteiger partial charge in [-0.25, -0.2) is 19.9 Å². The number of halogens is 4. The molecule has 250 valence electrons. The quantitative estimate of drug-likeness (QED) is 0.200. The number of carbonyl (C=O) groups excluding carboxylic acids is 1. The van der Waals surface area contributed by atoms with E-state index in [0.717, 1.165) is 43.9 Å². The van der Waals surface area contributed by atoms with E-state index >= 15 is 4.39 Å². The molecule has 0 bridgehead atoms. The van der Waals surface area contributed by atoms with Crippen molar-refractivity contribution in [3.8, 4) is 17.1 Å². The monoisotopic (exact) mass is 666 g/mol. The Kier molecular flexibility index (Phi) is 10.9. The van der Waals surface area contributed by atoms with Gasteiger partial charge < -0.3 is 19.7 Å². The highest BCUT2D eigenvalue weighted by atomic mass is 32.1. The van der Waals surface area contributed by atoms with E-state index in [2.05, 4.69) is 42.0 Å². The molecule has 0 unspecified atom stereocenters. The molecule has 0 aromatic carbocycles. The van der Waals surface area contributed by atoms with Crippen molar-refractivity contribution < 1.29 is 31.8 Å². The highest BCUT2D eigenvalue weighted by molar-refractivity contribution is 7.16. The highest BCUT2D eigenvalue weighted by Gasteiger charge is 2.36. The Labute approximate surface area is 269 Å². The molecular formula is C30H38F4N8O3S. The number of nitrogens with one attached hydrogen (secondary N) is 1. The SMILES string of the molecule is CCOC(=O)CCN1CCN(c2ncnc(Nc3nc(-c4cnc(OC)c(C(F)(F)F)c4)c(CN4CCC[C@H]4CC)s3)c2F)CC1. The second-order valence-electron chi connectivity index (χ2n) is 11.1. The van der Waals surface area contributed by atoms with Crippen molar-refractivity contribution in [1.82, 2.24) is 29.7 Å². The molecule has 0 radical (unpaired) electrons. The predicted octanol–water partition coefficient (Wildman–Crippen LogP) is 5.35. The molecule has 11 nitrogen and oxygen atoms in total. The number of methoxy groups -OCH3 is 1. The first-order valence-electron chi connectivity index (χ1n) is 15.4. The van der Waals surface area contributed by atoms with Gasteiger partial charge in [-0.15, -0.1) is 0 Å². The van der Waals surface area contributed by atoms with Crippen LogP contribution in [0.4, 0.5) is 34.3 Å². The summed E-state index contributed by atoms with van der Waals surface area (Å²) < 4.78 is 67.3. The van der Waals surface area contributed by atoms with Gasteiger partial charge in [0.25, 0.3) is 0 Å². The minimum absolute atomic E-state index is 0.0852. The van der Waals surface area contributed by atoms with Crippen LogP contribution in [0.3, 0.4) is 0 Å². The number of nitrogens with zero attached hydrogens (tertiary/aromatic N) is 7. The number of esters is 1. The summed E-state index contributed by atoms with van der Waals surface area (Å²) >= 11 is 1.24. The van der Waals surface area contributed by atoms with Crippen LogP contribution in [0.1, 0.15) is 50.0 Å². The van der Waals surface area contributed by atoms with Crippen LogP contribution in [0.25, 0.3) is 11.3 Å². The molecule has 16 heteroatoms. The highest BCUT2D eigenvalue weighted by Crippen LogP contribution is 2.40. The molecular weight excluding hydrogens is 628 g/mol. The van der Waals surface area contributed by atoms with Gasteiger partial charge in [-0.3, -0.25) is 14.6 Å². The Morgan fingerprint density at radius 1 is 1.13 bits per heavy atom. The largest absolute Gasteiger partial charge is 0.481 e. The minimum Gasteiger partial charge on any atom is -0.481 e. The number of hydrogen-bond donors (Lipinski definition) is 1. The van der Waals surface area contributed by atoms with Gasteiger partial charge in [-0.05, 0) is 38.8 Å². The second-order valence-corrected chi connectivity index (χ2v) is 12.2. The summed E-state index contributed by atoms with van der Waals surface area (Å²) in [7, 11) is 1.14. The molecule has 0 spiro atoms. The van der Waals surface area contributed by atoms with Crippen molar-refractivity contribution in [1.29, 1.82) is 0 Å². The molecule has 46 heavy (non-hydrogen) atoms. The van der Waals surface area contributed by atoms with E-state index in [1.165, 1.54) is 23.9 Å². The van der Waals surface area contributed by atoms with Crippen LogP contribution in [0.15, 0.2) is 18.6 Å². The van der Waals surface area contributed by atoms with Crippen LogP contribution in [0.2, 0.25) is 0 Å². The van der Waals surface area contributed by atoms with Crippen molar-refractivity contribution in [3.63, 3.8) is 0 Å². The van der Waals surface area contributed by atoms with Gasteiger partial charge >= 0.3 is 12.1 Å². The van der Waals surface area contributed by atoms with Crippen molar-refractivity contribution in [2.45, 2.75) is 58.3 Å². The number of alkyl halides is 3. The molecule has 2 fully saturated rings. The Balaban J connectivity index is 1.38. The summed E-state index contributed by atoms with van der Waals surface area (Å²) in [6, 6.07) is 1.35. The molecule has 0 amide bonds. The van der Waals surface area contributed by atoms with Crippen LogP contribution in [0.5, 0.6) is 5.88 Å². The van der Waals surface area contributed by atoms with Gasteiger partial charge in [-0.1, -0.05) is 18.3 Å². The lowest BCUT2D eigenvalue weighted by molar-refractivity contribution is -0.143. The van der Waals surface area contributed by atoms with Crippen molar-refractivity contribution in [2.24, 2.45) is 0 Å². The van der Waals surface area contributed by atoms with Gasteiger partial charge in [0.15, 0.2) is 16.8 Å². The molecule has 0 saturated carbocycles. The molecule has 2 aliphatic rings. The van der Waals surface area contributed by atoms with E-state index < -0.39 is 23.4 Å². The van der Waals surface area contributed by atoms with Gasteiger partial charge in [0.2, 0.25) is 11.7 Å². The van der Waals surface area contributed by atoms with Crippen molar-refractivity contribution in [2.75, 3.05) is 63.2 Å². The van der Waals surface area contributed by atoms with E-state index in [1.54, 1.807) is 6.92 Å². The number of carbonyl (C=O) groups is 1. The summed E-state index contributed by atoms with van der Waals surface area (Å²) in [6.07, 6.45) is 1.23. The number of thiazole rings is 1. The Bertz CT molecular complexity index is 1500.